The lowest BCUT2D eigenvalue weighted by molar-refractivity contribution is 0.220. The van der Waals surface area contributed by atoms with Gasteiger partial charge in [0.2, 0.25) is 5.95 Å². The molecule has 2 heterocycles. The molecule has 14 heavy (non-hydrogen) atoms. The summed E-state index contributed by atoms with van der Waals surface area (Å²) in [6.07, 6.45) is 0.831. The molecule has 0 aromatic carbocycles. The molecule has 6 heteroatoms. The topological polar surface area (TPSA) is 60.2 Å². The van der Waals surface area contributed by atoms with E-state index in [1.807, 2.05) is 0 Å². The van der Waals surface area contributed by atoms with Gasteiger partial charge in [0, 0.05) is 20.6 Å². The van der Waals surface area contributed by atoms with E-state index in [1.165, 1.54) is 4.57 Å². The molecule has 76 valence electrons. The third-order valence-corrected chi connectivity index (χ3v) is 2.01. The van der Waals surface area contributed by atoms with Gasteiger partial charge in [0.1, 0.15) is 0 Å². The molecule has 0 radical (unpaired) electrons. The van der Waals surface area contributed by atoms with Crippen molar-refractivity contribution >= 4 is 5.95 Å². The fourth-order valence-corrected chi connectivity index (χ4v) is 1.29. The predicted octanol–water partition coefficient (Wildman–Crippen LogP) is -0.513. The van der Waals surface area contributed by atoms with Crippen molar-refractivity contribution < 1.29 is 4.74 Å². The van der Waals surface area contributed by atoms with E-state index in [1.54, 1.807) is 19.0 Å². The molecule has 0 fully saturated rings. The van der Waals surface area contributed by atoms with Gasteiger partial charge in [-0.25, -0.2) is 9.36 Å². The van der Waals surface area contributed by atoms with Crippen LogP contribution in [0, 0.1) is 0 Å². The summed E-state index contributed by atoms with van der Waals surface area (Å²) in [5, 5.41) is 0. The van der Waals surface area contributed by atoms with Crippen LogP contribution in [0.25, 0.3) is 0 Å². The Morgan fingerprint density at radius 1 is 1.43 bits per heavy atom. The Morgan fingerprint density at radius 3 is 2.93 bits per heavy atom. The van der Waals surface area contributed by atoms with E-state index in [0.717, 1.165) is 6.42 Å². The molecule has 0 aliphatic carbocycles. The summed E-state index contributed by atoms with van der Waals surface area (Å²) in [7, 11) is 3.57. The highest BCUT2D eigenvalue weighted by Crippen LogP contribution is 2.12. The molecule has 6 nitrogen and oxygen atoms in total. The molecule has 2 rings (SSSR count). The zero-order valence-corrected chi connectivity index (χ0v) is 8.23. The smallest absolute Gasteiger partial charge is 0.354 e. The van der Waals surface area contributed by atoms with Crippen LogP contribution in [0.1, 0.15) is 6.42 Å². The van der Waals surface area contributed by atoms with Crippen molar-refractivity contribution in [2.45, 2.75) is 13.0 Å². The molecule has 0 N–H and O–H groups in total. The van der Waals surface area contributed by atoms with Crippen LogP contribution in [0.4, 0.5) is 5.95 Å². The van der Waals surface area contributed by atoms with Gasteiger partial charge >= 0.3 is 11.7 Å². The minimum Gasteiger partial charge on any atom is -0.464 e. The van der Waals surface area contributed by atoms with E-state index >= 15 is 0 Å². The van der Waals surface area contributed by atoms with Gasteiger partial charge in [0.25, 0.3) is 0 Å². The molecule has 0 saturated heterocycles. The van der Waals surface area contributed by atoms with Gasteiger partial charge in [-0.3, -0.25) is 0 Å². The van der Waals surface area contributed by atoms with Crippen LogP contribution in [0.2, 0.25) is 0 Å². The van der Waals surface area contributed by atoms with Gasteiger partial charge in [0.05, 0.1) is 6.61 Å². The van der Waals surface area contributed by atoms with Crippen LogP contribution in [0.5, 0.6) is 6.01 Å². The Bertz CT molecular complexity index is 399. The van der Waals surface area contributed by atoms with Crippen molar-refractivity contribution in [3.8, 4) is 6.01 Å². The summed E-state index contributed by atoms with van der Waals surface area (Å²) in [5.74, 6) is 0.392. The highest BCUT2D eigenvalue weighted by Gasteiger charge is 2.15. The molecule has 0 saturated carbocycles. The van der Waals surface area contributed by atoms with Crippen molar-refractivity contribution in [3.05, 3.63) is 10.5 Å². The van der Waals surface area contributed by atoms with Crippen molar-refractivity contribution in [3.63, 3.8) is 0 Å². The second-order valence-electron chi connectivity index (χ2n) is 3.34. The average Bonchev–Trinajstić information content (AvgIpc) is 2.17. The lowest BCUT2D eigenvalue weighted by atomic mass is 10.4. The maximum atomic E-state index is 11.5. The summed E-state index contributed by atoms with van der Waals surface area (Å²) in [6.45, 7) is 1.26. The molecule has 0 atom stereocenters. The highest BCUT2D eigenvalue weighted by molar-refractivity contribution is 5.26. The SMILES string of the molecule is CN(C)c1nc2n(c(=O)n1)CCCO2. The van der Waals surface area contributed by atoms with Crippen LogP contribution in [-0.4, -0.2) is 35.2 Å². The quantitative estimate of drug-likeness (QED) is 0.605. The summed E-state index contributed by atoms with van der Waals surface area (Å²) >= 11 is 0. The average molecular weight is 196 g/mol. The van der Waals surface area contributed by atoms with Crippen LogP contribution < -0.4 is 15.3 Å². The lowest BCUT2D eigenvalue weighted by Gasteiger charge is -2.18. The Balaban J connectivity index is 2.52. The molecule has 0 amide bonds. The predicted molar refractivity (Wildman–Crippen MR) is 50.7 cm³/mol. The minimum absolute atomic E-state index is 0.293. The molecule has 0 unspecified atom stereocenters. The first-order valence-electron chi connectivity index (χ1n) is 4.47. The third-order valence-electron chi connectivity index (χ3n) is 2.01. The highest BCUT2D eigenvalue weighted by atomic mass is 16.5. The van der Waals surface area contributed by atoms with E-state index in [0.29, 0.717) is 25.1 Å². The van der Waals surface area contributed by atoms with Crippen LogP contribution >= 0.6 is 0 Å². The second kappa shape index (κ2) is 3.28. The number of rotatable bonds is 1. The number of fused-ring (bicyclic) bond motifs is 1. The number of anilines is 1. The molecule has 1 aromatic rings. The second-order valence-corrected chi connectivity index (χ2v) is 3.34. The number of hydrogen-bond acceptors (Lipinski definition) is 5. The number of hydrogen-bond donors (Lipinski definition) is 0. The number of aromatic nitrogens is 3. The standard InChI is InChI=1S/C8H12N4O2/c1-11(2)6-9-7(13)12-4-3-5-14-8(12)10-6/h3-5H2,1-2H3. The van der Waals surface area contributed by atoms with Crippen LogP contribution in [0.15, 0.2) is 4.79 Å². The Morgan fingerprint density at radius 2 is 2.21 bits per heavy atom. The minimum atomic E-state index is -0.293. The van der Waals surface area contributed by atoms with E-state index in [4.69, 9.17) is 4.74 Å². The van der Waals surface area contributed by atoms with Gasteiger partial charge in [-0.1, -0.05) is 0 Å². The summed E-state index contributed by atoms with van der Waals surface area (Å²) in [5.41, 5.74) is -0.293. The number of nitrogens with zero attached hydrogens (tertiary/aromatic N) is 4. The summed E-state index contributed by atoms with van der Waals surface area (Å²) < 4.78 is 6.74. The Hall–Kier alpha value is -1.59. The van der Waals surface area contributed by atoms with Gasteiger partial charge in [-0.15, -0.1) is 0 Å². The normalized spacial score (nSPS) is 14.4. The largest absolute Gasteiger partial charge is 0.464 e. The zero-order chi connectivity index (χ0) is 10.1. The van der Waals surface area contributed by atoms with Gasteiger partial charge < -0.3 is 9.64 Å². The number of ether oxygens (including phenoxy) is 1. The summed E-state index contributed by atoms with van der Waals surface area (Å²) in [4.78, 5) is 21.1. The van der Waals surface area contributed by atoms with E-state index in [2.05, 4.69) is 9.97 Å². The lowest BCUT2D eigenvalue weighted by Crippen LogP contribution is -2.32. The van der Waals surface area contributed by atoms with Crippen molar-refractivity contribution in [2.24, 2.45) is 0 Å². The maximum absolute atomic E-state index is 11.5. The molecule has 0 bridgehead atoms. The first kappa shape index (κ1) is 8.98. The van der Waals surface area contributed by atoms with E-state index in [9.17, 15) is 4.79 Å². The first-order chi connectivity index (χ1) is 6.68. The van der Waals surface area contributed by atoms with Gasteiger partial charge in [0.15, 0.2) is 0 Å². The van der Waals surface area contributed by atoms with Crippen LogP contribution in [-0.2, 0) is 6.54 Å². The molecular weight excluding hydrogens is 184 g/mol. The van der Waals surface area contributed by atoms with Crippen molar-refractivity contribution in [1.29, 1.82) is 0 Å². The first-order valence-corrected chi connectivity index (χ1v) is 4.47. The fourth-order valence-electron chi connectivity index (χ4n) is 1.29. The van der Waals surface area contributed by atoms with Crippen molar-refractivity contribution in [1.82, 2.24) is 14.5 Å². The molecule has 1 aliphatic heterocycles. The maximum Gasteiger partial charge on any atom is 0.354 e. The van der Waals surface area contributed by atoms with E-state index < -0.39 is 0 Å². The van der Waals surface area contributed by atoms with E-state index in [-0.39, 0.29) is 5.69 Å². The van der Waals surface area contributed by atoms with Gasteiger partial charge in [-0.2, -0.15) is 9.97 Å². The third kappa shape index (κ3) is 1.43. The van der Waals surface area contributed by atoms with Gasteiger partial charge in [-0.05, 0) is 6.42 Å². The van der Waals surface area contributed by atoms with Crippen molar-refractivity contribution in [2.75, 3.05) is 25.6 Å². The Kier molecular flexibility index (Phi) is 2.11. The summed E-state index contributed by atoms with van der Waals surface area (Å²) in [6, 6.07) is 0.375. The zero-order valence-electron chi connectivity index (χ0n) is 8.23. The molecular formula is C8H12N4O2. The van der Waals surface area contributed by atoms with Crippen LogP contribution in [0.3, 0.4) is 0 Å². The Labute approximate surface area is 81.2 Å². The monoisotopic (exact) mass is 196 g/mol. The molecule has 1 aliphatic rings. The fraction of sp³-hybridized carbons (Fsp3) is 0.625. The molecule has 1 aromatic heterocycles. The molecule has 0 spiro atoms.